The first-order valence-corrected chi connectivity index (χ1v) is 7.49. The predicted molar refractivity (Wildman–Crippen MR) is 90.6 cm³/mol. The molecule has 3 nitrogen and oxygen atoms in total. The quantitative estimate of drug-likeness (QED) is 0.895. The molecule has 2 aliphatic heterocycles. The van der Waals surface area contributed by atoms with Gasteiger partial charge in [0.05, 0.1) is 5.41 Å². The van der Waals surface area contributed by atoms with Crippen LogP contribution in [-0.4, -0.2) is 18.5 Å². The third kappa shape index (κ3) is 2.13. The average molecular weight is 315 g/mol. The Bertz CT molecular complexity index is 688. The lowest BCUT2D eigenvalue weighted by Crippen LogP contribution is -2.46. The van der Waals surface area contributed by atoms with Crippen molar-refractivity contribution in [2.75, 3.05) is 11.9 Å². The molecule has 2 aromatic rings. The molecule has 1 saturated heterocycles. The van der Waals surface area contributed by atoms with Gasteiger partial charge in [-0.1, -0.05) is 48.5 Å². The van der Waals surface area contributed by atoms with Crippen LogP contribution in [0.1, 0.15) is 17.5 Å². The molecule has 2 heterocycles. The van der Waals surface area contributed by atoms with E-state index in [1.807, 2.05) is 24.3 Å². The molecule has 22 heavy (non-hydrogen) atoms. The molecule has 0 saturated carbocycles. The molecule has 0 bridgehead atoms. The summed E-state index contributed by atoms with van der Waals surface area (Å²) in [4.78, 5) is 12.7. The number of para-hydroxylation sites is 1. The van der Waals surface area contributed by atoms with Gasteiger partial charge in [-0.2, -0.15) is 0 Å². The fourth-order valence-electron chi connectivity index (χ4n) is 3.82. The lowest BCUT2D eigenvalue weighted by Gasteiger charge is -2.29. The van der Waals surface area contributed by atoms with E-state index in [1.54, 1.807) is 0 Å². The van der Waals surface area contributed by atoms with Crippen molar-refractivity contribution in [3.05, 3.63) is 65.7 Å². The number of hydrogen-bond donors (Lipinski definition) is 2. The van der Waals surface area contributed by atoms with E-state index in [2.05, 4.69) is 41.0 Å². The summed E-state index contributed by atoms with van der Waals surface area (Å²) >= 11 is 0. The Labute approximate surface area is 136 Å². The van der Waals surface area contributed by atoms with Gasteiger partial charge in [0, 0.05) is 11.7 Å². The van der Waals surface area contributed by atoms with E-state index in [4.69, 9.17) is 0 Å². The van der Waals surface area contributed by atoms with Crippen LogP contribution in [0.15, 0.2) is 54.6 Å². The maximum atomic E-state index is 12.7. The second kappa shape index (κ2) is 5.75. The predicted octanol–water partition coefficient (Wildman–Crippen LogP) is 2.90. The summed E-state index contributed by atoms with van der Waals surface area (Å²) in [5.74, 6) is 0.148. The topological polar surface area (TPSA) is 41.1 Å². The van der Waals surface area contributed by atoms with Crippen molar-refractivity contribution in [1.29, 1.82) is 0 Å². The molecular weight excluding hydrogens is 296 g/mol. The molecule has 0 aliphatic carbocycles. The van der Waals surface area contributed by atoms with Crippen LogP contribution in [0.25, 0.3) is 0 Å². The summed E-state index contributed by atoms with van der Waals surface area (Å²) in [6.07, 6.45) is 1.75. The van der Waals surface area contributed by atoms with Crippen molar-refractivity contribution in [1.82, 2.24) is 5.32 Å². The summed E-state index contributed by atoms with van der Waals surface area (Å²) in [5, 5.41) is 6.62. The fourth-order valence-corrected chi connectivity index (χ4v) is 3.82. The normalized spacial score (nSPS) is 25.6. The highest BCUT2D eigenvalue weighted by Gasteiger charge is 2.54. The van der Waals surface area contributed by atoms with Crippen LogP contribution in [0.4, 0.5) is 5.69 Å². The van der Waals surface area contributed by atoms with Crippen molar-refractivity contribution in [3.8, 4) is 0 Å². The van der Waals surface area contributed by atoms with Gasteiger partial charge in [-0.25, -0.2) is 0 Å². The summed E-state index contributed by atoms with van der Waals surface area (Å²) in [7, 11) is 0. The number of halogens is 1. The third-order valence-corrected chi connectivity index (χ3v) is 4.85. The second-order valence-corrected chi connectivity index (χ2v) is 5.92. The maximum Gasteiger partial charge on any atom is 0.236 e. The average Bonchev–Trinajstić information content (AvgIpc) is 3.05. The minimum atomic E-state index is -0.410. The van der Waals surface area contributed by atoms with Gasteiger partial charge in [0.1, 0.15) is 0 Å². The number of amides is 1. The first-order valence-electron chi connectivity index (χ1n) is 7.49. The Kier molecular flexibility index (Phi) is 3.94. The van der Waals surface area contributed by atoms with Gasteiger partial charge in [0.2, 0.25) is 5.91 Å². The SMILES string of the molecule is Cl.O=C1Nc2ccccc2C12CCNC2Cc1ccccc1. The van der Waals surface area contributed by atoms with Crippen LogP contribution in [0, 0.1) is 0 Å². The van der Waals surface area contributed by atoms with E-state index in [-0.39, 0.29) is 24.4 Å². The number of carbonyl (C=O) groups is 1. The Morgan fingerprint density at radius 1 is 1.05 bits per heavy atom. The minimum absolute atomic E-state index is 0. The zero-order chi connectivity index (χ0) is 14.3. The first kappa shape index (κ1) is 15.1. The fraction of sp³-hybridized carbons (Fsp3) is 0.278. The number of carbonyl (C=O) groups excluding carboxylic acids is 1. The van der Waals surface area contributed by atoms with Gasteiger partial charge in [0.25, 0.3) is 0 Å². The Hall–Kier alpha value is -1.84. The third-order valence-electron chi connectivity index (χ3n) is 4.85. The van der Waals surface area contributed by atoms with Gasteiger partial charge in [-0.05, 0) is 36.6 Å². The van der Waals surface area contributed by atoms with E-state index in [0.29, 0.717) is 0 Å². The smallest absolute Gasteiger partial charge is 0.236 e. The van der Waals surface area contributed by atoms with Gasteiger partial charge >= 0.3 is 0 Å². The van der Waals surface area contributed by atoms with E-state index < -0.39 is 5.41 Å². The number of anilines is 1. The van der Waals surface area contributed by atoms with Crippen LogP contribution in [-0.2, 0) is 16.6 Å². The summed E-state index contributed by atoms with van der Waals surface area (Å²) in [5.41, 5.74) is 2.99. The molecule has 2 aliphatic rings. The summed E-state index contributed by atoms with van der Waals surface area (Å²) in [6.45, 7) is 0.888. The molecule has 2 unspecified atom stereocenters. The monoisotopic (exact) mass is 314 g/mol. The standard InChI is InChI=1S/C18H18N2O.ClH/c21-17-18(14-8-4-5-9-15(14)20-17)10-11-19-16(18)12-13-6-2-1-3-7-13;/h1-9,16,19H,10-12H2,(H,20,21);1H. The molecule has 2 atom stereocenters. The van der Waals surface area contributed by atoms with Crippen LogP contribution >= 0.6 is 12.4 Å². The molecule has 1 fully saturated rings. The zero-order valence-corrected chi connectivity index (χ0v) is 13.0. The van der Waals surface area contributed by atoms with Crippen LogP contribution in [0.2, 0.25) is 0 Å². The molecule has 114 valence electrons. The first-order chi connectivity index (χ1) is 10.3. The second-order valence-electron chi connectivity index (χ2n) is 5.92. The van der Waals surface area contributed by atoms with Crippen molar-refractivity contribution in [2.45, 2.75) is 24.3 Å². The molecule has 4 heteroatoms. The van der Waals surface area contributed by atoms with E-state index in [1.165, 1.54) is 5.56 Å². The van der Waals surface area contributed by atoms with E-state index >= 15 is 0 Å². The molecule has 1 amide bonds. The molecule has 0 radical (unpaired) electrons. The number of rotatable bonds is 2. The zero-order valence-electron chi connectivity index (χ0n) is 12.2. The highest BCUT2D eigenvalue weighted by Crippen LogP contribution is 2.45. The van der Waals surface area contributed by atoms with Gasteiger partial charge < -0.3 is 10.6 Å². The molecule has 4 rings (SSSR count). The van der Waals surface area contributed by atoms with Gasteiger partial charge in [-0.15, -0.1) is 12.4 Å². The van der Waals surface area contributed by atoms with Crippen molar-refractivity contribution < 1.29 is 4.79 Å². The lowest BCUT2D eigenvalue weighted by molar-refractivity contribution is -0.121. The Morgan fingerprint density at radius 2 is 1.77 bits per heavy atom. The van der Waals surface area contributed by atoms with Gasteiger partial charge in [0.15, 0.2) is 0 Å². The number of hydrogen-bond acceptors (Lipinski definition) is 2. The van der Waals surface area contributed by atoms with E-state index in [9.17, 15) is 4.79 Å². The van der Waals surface area contributed by atoms with Crippen LogP contribution < -0.4 is 10.6 Å². The number of benzene rings is 2. The van der Waals surface area contributed by atoms with Crippen LogP contribution in [0.5, 0.6) is 0 Å². The van der Waals surface area contributed by atoms with Crippen molar-refractivity contribution in [2.24, 2.45) is 0 Å². The number of fused-ring (bicyclic) bond motifs is 2. The van der Waals surface area contributed by atoms with Crippen molar-refractivity contribution >= 4 is 24.0 Å². The molecule has 0 aromatic heterocycles. The lowest BCUT2D eigenvalue weighted by atomic mass is 9.73. The van der Waals surface area contributed by atoms with E-state index in [0.717, 1.165) is 30.6 Å². The highest BCUT2D eigenvalue weighted by molar-refractivity contribution is 6.07. The maximum absolute atomic E-state index is 12.7. The Morgan fingerprint density at radius 3 is 2.59 bits per heavy atom. The minimum Gasteiger partial charge on any atom is -0.325 e. The van der Waals surface area contributed by atoms with Crippen LogP contribution in [0.3, 0.4) is 0 Å². The Balaban J connectivity index is 0.00000144. The summed E-state index contributed by atoms with van der Waals surface area (Å²) < 4.78 is 0. The number of nitrogens with one attached hydrogen (secondary N) is 2. The highest BCUT2D eigenvalue weighted by atomic mass is 35.5. The largest absolute Gasteiger partial charge is 0.325 e. The molecule has 2 N–H and O–H groups in total. The van der Waals surface area contributed by atoms with Crippen molar-refractivity contribution in [3.63, 3.8) is 0 Å². The summed E-state index contributed by atoms with van der Waals surface area (Å²) in [6, 6.07) is 18.7. The molecule has 2 aromatic carbocycles. The molecule has 1 spiro atoms. The molecular formula is C18H19ClN2O. The van der Waals surface area contributed by atoms with Gasteiger partial charge in [-0.3, -0.25) is 4.79 Å².